The van der Waals surface area contributed by atoms with Gasteiger partial charge < -0.3 is 0 Å². The summed E-state index contributed by atoms with van der Waals surface area (Å²) in [4.78, 5) is 0. The van der Waals surface area contributed by atoms with Crippen LogP contribution in [-0.2, 0) is 10.0 Å². The third-order valence-electron chi connectivity index (χ3n) is 2.45. The summed E-state index contributed by atoms with van der Waals surface area (Å²) in [5.74, 6) is -0.0939. The molecule has 0 aliphatic heterocycles. The molecule has 0 amide bonds. The number of sulfonamides is 1. The lowest BCUT2D eigenvalue weighted by atomic mass is 10.3. The third-order valence-corrected chi connectivity index (χ3v) is 5.66. The zero-order valence-corrected chi connectivity index (χ0v) is 12.4. The lowest BCUT2D eigenvalue weighted by molar-refractivity contribution is 0.597. The van der Waals surface area contributed by atoms with Crippen LogP contribution in [-0.4, -0.2) is 14.2 Å². The van der Waals surface area contributed by atoms with E-state index in [2.05, 4.69) is 4.72 Å². The SMILES string of the molecule is O=S(=O)(CC1CC1)Nc1ccc(F)c(I)c1Cl. The molecule has 1 aromatic rings. The summed E-state index contributed by atoms with van der Waals surface area (Å²) in [5, 5.41) is 0.102. The Bertz CT molecular complexity index is 545. The molecule has 1 aliphatic carbocycles. The molecular formula is C10H10ClFINO2S. The van der Waals surface area contributed by atoms with Crippen molar-refractivity contribution in [1.29, 1.82) is 0 Å². The molecule has 0 unspecified atom stereocenters. The highest BCUT2D eigenvalue weighted by Gasteiger charge is 2.28. The minimum Gasteiger partial charge on any atom is -0.282 e. The first kappa shape index (κ1) is 13.4. The molecule has 1 saturated carbocycles. The van der Waals surface area contributed by atoms with Crippen LogP contribution in [0.25, 0.3) is 0 Å². The van der Waals surface area contributed by atoms with E-state index in [1.54, 1.807) is 22.6 Å². The maximum absolute atomic E-state index is 13.1. The van der Waals surface area contributed by atoms with Gasteiger partial charge in [-0.3, -0.25) is 4.72 Å². The topological polar surface area (TPSA) is 46.2 Å². The second-order valence-electron chi connectivity index (χ2n) is 4.05. The number of rotatable bonds is 4. The molecule has 17 heavy (non-hydrogen) atoms. The van der Waals surface area contributed by atoms with E-state index < -0.39 is 15.8 Å². The zero-order valence-electron chi connectivity index (χ0n) is 8.71. The van der Waals surface area contributed by atoms with Crippen LogP contribution in [0.15, 0.2) is 12.1 Å². The Morgan fingerprint density at radius 1 is 1.47 bits per heavy atom. The van der Waals surface area contributed by atoms with Crippen molar-refractivity contribution >= 4 is 49.9 Å². The largest absolute Gasteiger partial charge is 0.282 e. The molecule has 3 nitrogen and oxygen atoms in total. The fraction of sp³-hybridized carbons (Fsp3) is 0.400. The van der Waals surface area contributed by atoms with Gasteiger partial charge >= 0.3 is 0 Å². The van der Waals surface area contributed by atoms with Gasteiger partial charge in [0.1, 0.15) is 5.82 Å². The average Bonchev–Trinajstić information content (AvgIpc) is 3.02. The summed E-state index contributed by atoms with van der Waals surface area (Å²) in [6.45, 7) is 0. The number of anilines is 1. The highest BCUT2D eigenvalue weighted by atomic mass is 127. The normalized spacial score (nSPS) is 15.9. The molecule has 0 radical (unpaired) electrons. The van der Waals surface area contributed by atoms with E-state index >= 15 is 0 Å². The van der Waals surface area contributed by atoms with Gasteiger partial charge in [-0.25, -0.2) is 12.8 Å². The molecule has 2 rings (SSSR count). The van der Waals surface area contributed by atoms with Crippen molar-refractivity contribution in [2.75, 3.05) is 10.5 Å². The predicted molar refractivity (Wildman–Crippen MR) is 74.3 cm³/mol. The van der Waals surface area contributed by atoms with E-state index in [0.29, 0.717) is 0 Å². The lowest BCUT2D eigenvalue weighted by Crippen LogP contribution is -2.18. The Balaban J connectivity index is 2.20. The van der Waals surface area contributed by atoms with E-state index in [1.807, 2.05) is 0 Å². The van der Waals surface area contributed by atoms with Gasteiger partial charge in [0.25, 0.3) is 0 Å². The number of hydrogen-bond acceptors (Lipinski definition) is 2. The number of benzene rings is 1. The minimum absolute atomic E-state index is 0.102. The van der Waals surface area contributed by atoms with Crippen LogP contribution >= 0.6 is 34.2 Å². The first-order valence-corrected chi connectivity index (χ1v) is 8.14. The maximum atomic E-state index is 13.1. The van der Waals surface area contributed by atoms with Crippen LogP contribution in [0.4, 0.5) is 10.1 Å². The summed E-state index contributed by atoms with van der Waals surface area (Å²) in [5.41, 5.74) is 0.234. The molecule has 1 N–H and O–H groups in total. The summed E-state index contributed by atoms with van der Waals surface area (Å²) < 4.78 is 39.2. The highest BCUT2D eigenvalue weighted by Crippen LogP contribution is 2.33. The Morgan fingerprint density at radius 2 is 2.12 bits per heavy atom. The second-order valence-corrected chi connectivity index (χ2v) is 7.27. The summed E-state index contributed by atoms with van der Waals surface area (Å²) in [7, 11) is -3.38. The molecule has 1 aliphatic rings. The molecule has 0 saturated heterocycles. The van der Waals surface area contributed by atoms with Crippen molar-refractivity contribution in [3.8, 4) is 0 Å². The molecule has 1 fully saturated rings. The average molecular weight is 390 g/mol. The van der Waals surface area contributed by atoms with Crippen molar-refractivity contribution in [2.45, 2.75) is 12.8 Å². The molecular weight excluding hydrogens is 380 g/mol. The first-order valence-electron chi connectivity index (χ1n) is 5.03. The minimum atomic E-state index is -3.38. The molecule has 0 atom stereocenters. The molecule has 0 aromatic heterocycles. The van der Waals surface area contributed by atoms with Crippen molar-refractivity contribution in [3.05, 3.63) is 26.5 Å². The van der Waals surface area contributed by atoms with E-state index in [0.717, 1.165) is 12.8 Å². The van der Waals surface area contributed by atoms with Gasteiger partial charge in [0.15, 0.2) is 0 Å². The number of nitrogens with one attached hydrogen (secondary N) is 1. The molecule has 0 heterocycles. The summed E-state index contributed by atoms with van der Waals surface area (Å²) >= 11 is 7.62. The molecule has 0 spiro atoms. The van der Waals surface area contributed by atoms with Gasteiger partial charge in [0, 0.05) is 0 Å². The highest BCUT2D eigenvalue weighted by molar-refractivity contribution is 14.1. The van der Waals surface area contributed by atoms with Crippen LogP contribution in [0.2, 0.25) is 5.02 Å². The van der Waals surface area contributed by atoms with Crippen LogP contribution < -0.4 is 4.72 Å². The van der Waals surface area contributed by atoms with Gasteiger partial charge in [-0.2, -0.15) is 0 Å². The van der Waals surface area contributed by atoms with Gasteiger partial charge in [0.05, 0.1) is 20.0 Å². The molecule has 7 heteroatoms. The standard InChI is InChI=1S/C10H10ClFINO2S/c11-9-8(4-3-7(12)10(9)13)14-17(15,16)5-6-1-2-6/h3-4,6,14H,1-2,5H2. The summed E-state index contributed by atoms with van der Waals surface area (Å²) in [6.07, 6.45) is 1.91. The van der Waals surface area contributed by atoms with Crippen molar-refractivity contribution in [2.24, 2.45) is 5.92 Å². The van der Waals surface area contributed by atoms with Crippen LogP contribution in [0, 0.1) is 15.3 Å². The molecule has 1 aromatic carbocycles. The third kappa shape index (κ3) is 3.45. The maximum Gasteiger partial charge on any atom is 0.233 e. The monoisotopic (exact) mass is 389 g/mol. The first-order chi connectivity index (χ1) is 7.89. The quantitative estimate of drug-likeness (QED) is 0.635. The smallest absolute Gasteiger partial charge is 0.233 e. The second kappa shape index (κ2) is 4.89. The lowest BCUT2D eigenvalue weighted by Gasteiger charge is -2.10. The Morgan fingerprint density at radius 3 is 2.71 bits per heavy atom. The van der Waals surface area contributed by atoms with E-state index in [4.69, 9.17) is 11.6 Å². The Hall–Kier alpha value is -0.0800. The number of halogens is 3. The van der Waals surface area contributed by atoms with Crippen molar-refractivity contribution < 1.29 is 12.8 Å². The van der Waals surface area contributed by atoms with E-state index in [-0.39, 0.29) is 26.0 Å². The van der Waals surface area contributed by atoms with Gasteiger partial charge in [-0.15, -0.1) is 0 Å². The Labute approximate surface area is 118 Å². The summed E-state index contributed by atoms with van der Waals surface area (Å²) in [6, 6.07) is 2.53. The van der Waals surface area contributed by atoms with Gasteiger partial charge in [-0.1, -0.05) is 11.6 Å². The fourth-order valence-corrected chi connectivity index (χ4v) is 3.68. The zero-order chi connectivity index (χ0) is 12.6. The fourth-order valence-electron chi connectivity index (χ4n) is 1.41. The van der Waals surface area contributed by atoms with E-state index in [9.17, 15) is 12.8 Å². The molecule has 94 valence electrons. The predicted octanol–water partition coefficient (Wildman–Crippen LogP) is 3.24. The van der Waals surface area contributed by atoms with Gasteiger partial charge in [-0.05, 0) is 53.5 Å². The Kier molecular flexibility index (Phi) is 3.84. The van der Waals surface area contributed by atoms with Crippen molar-refractivity contribution in [1.82, 2.24) is 0 Å². The van der Waals surface area contributed by atoms with Gasteiger partial charge in [0.2, 0.25) is 10.0 Å². The van der Waals surface area contributed by atoms with E-state index in [1.165, 1.54) is 12.1 Å². The van der Waals surface area contributed by atoms with Crippen molar-refractivity contribution in [3.63, 3.8) is 0 Å². The molecule has 0 bridgehead atoms. The van der Waals surface area contributed by atoms with Crippen LogP contribution in [0.3, 0.4) is 0 Å². The van der Waals surface area contributed by atoms with Crippen LogP contribution in [0.5, 0.6) is 0 Å². The number of hydrogen-bond donors (Lipinski definition) is 1. The van der Waals surface area contributed by atoms with Crippen LogP contribution in [0.1, 0.15) is 12.8 Å².